The number of rotatable bonds is 8. The summed E-state index contributed by atoms with van der Waals surface area (Å²) in [5, 5.41) is 15.7. The van der Waals surface area contributed by atoms with E-state index in [4.69, 9.17) is 4.74 Å². The molecule has 1 N–H and O–H groups in total. The van der Waals surface area contributed by atoms with E-state index in [2.05, 4.69) is 39.4 Å². The van der Waals surface area contributed by atoms with Crippen LogP contribution in [-0.2, 0) is 17.8 Å². The second-order valence-electron chi connectivity index (χ2n) is 11.9. The second kappa shape index (κ2) is 12.3. The minimum absolute atomic E-state index is 0.0862. The molecule has 1 saturated heterocycles. The van der Waals surface area contributed by atoms with Crippen LogP contribution in [0.1, 0.15) is 64.0 Å². The third kappa shape index (κ3) is 7.32. The predicted octanol–water partition coefficient (Wildman–Crippen LogP) is 5.25. The fourth-order valence-electron chi connectivity index (χ4n) is 6.04. The number of fused-ring (bicyclic) bond motifs is 1. The van der Waals surface area contributed by atoms with Gasteiger partial charge in [-0.1, -0.05) is 73.5 Å². The molecule has 206 valence electrons. The molecule has 2 aromatic rings. The molecule has 0 aromatic heterocycles. The summed E-state index contributed by atoms with van der Waals surface area (Å²) in [6, 6.07) is 21.0. The number of carbonyl (C=O) groups excluding carboxylic acids is 1. The molecule has 2 aromatic carbocycles. The predicted molar refractivity (Wildman–Crippen MR) is 148 cm³/mol. The molecular formula is C30H42N4O4. The quantitative estimate of drug-likeness (QED) is 0.377. The Morgan fingerprint density at radius 1 is 0.947 bits per heavy atom. The van der Waals surface area contributed by atoms with E-state index in [0.29, 0.717) is 26.2 Å². The van der Waals surface area contributed by atoms with Gasteiger partial charge in [-0.05, 0) is 44.7 Å². The van der Waals surface area contributed by atoms with E-state index in [9.17, 15) is 14.9 Å². The molecule has 38 heavy (non-hydrogen) atoms. The number of nitro groups is 1. The number of hydrogen-bond donors (Lipinski definition) is 1. The van der Waals surface area contributed by atoms with Crippen LogP contribution in [0.3, 0.4) is 0 Å². The first-order valence-corrected chi connectivity index (χ1v) is 13.8. The lowest BCUT2D eigenvalue weighted by Crippen LogP contribution is -2.55. The maximum atomic E-state index is 12.9. The molecule has 0 unspecified atom stereocenters. The molecule has 1 saturated carbocycles. The van der Waals surface area contributed by atoms with Gasteiger partial charge in [0.1, 0.15) is 5.60 Å². The Hall–Kier alpha value is -2.97. The Bertz CT molecular complexity index is 997. The molecule has 1 aliphatic heterocycles. The molecule has 2 atom stereocenters. The van der Waals surface area contributed by atoms with Crippen LogP contribution in [0.2, 0.25) is 0 Å². The van der Waals surface area contributed by atoms with Crippen molar-refractivity contribution >= 4 is 6.09 Å². The number of benzene rings is 2. The monoisotopic (exact) mass is 522 g/mol. The molecule has 2 fully saturated rings. The fraction of sp³-hybridized carbons (Fsp3) is 0.567. The van der Waals surface area contributed by atoms with Crippen molar-refractivity contribution in [3.63, 3.8) is 0 Å². The maximum Gasteiger partial charge on any atom is 0.407 e. The lowest BCUT2D eigenvalue weighted by molar-refractivity contribution is -0.571. The lowest BCUT2D eigenvalue weighted by Gasteiger charge is -2.42. The number of ether oxygens (including phenoxy) is 1. The van der Waals surface area contributed by atoms with Crippen molar-refractivity contribution in [1.82, 2.24) is 15.1 Å². The van der Waals surface area contributed by atoms with Gasteiger partial charge >= 0.3 is 6.09 Å². The van der Waals surface area contributed by atoms with Crippen LogP contribution in [0.4, 0.5) is 4.79 Å². The first-order chi connectivity index (χ1) is 18.2. The van der Waals surface area contributed by atoms with Gasteiger partial charge in [0.2, 0.25) is 5.54 Å². The van der Waals surface area contributed by atoms with Crippen molar-refractivity contribution in [3.8, 4) is 0 Å². The van der Waals surface area contributed by atoms with E-state index in [1.54, 1.807) is 20.8 Å². The number of hydrogen-bond acceptors (Lipinski definition) is 6. The van der Waals surface area contributed by atoms with Crippen LogP contribution < -0.4 is 5.32 Å². The van der Waals surface area contributed by atoms with Crippen LogP contribution in [0.15, 0.2) is 60.7 Å². The van der Waals surface area contributed by atoms with Gasteiger partial charge in [0.15, 0.2) is 0 Å². The first kappa shape index (κ1) is 28.0. The molecule has 4 rings (SSSR count). The summed E-state index contributed by atoms with van der Waals surface area (Å²) in [7, 11) is 0. The van der Waals surface area contributed by atoms with Crippen LogP contribution in [-0.4, -0.2) is 63.7 Å². The van der Waals surface area contributed by atoms with Crippen molar-refractivity contribution in [2.24, 2.45) is 0 Å². The van der Waals surface area contributed by atoms with Gasteiger partial charge in [0.25, 0.3) is 0 Å². The summed E-state index contributed by atoms with van der Waals surface area (Å²) >= 11 is 0. The van der Waals surface area contributed by atoms with E-state index < -0.39 is 17.2 Å². The Morgan fingerprint density at radius 3 is 1.84 bits per heavy atom. The number of carbonyl (C=O) groups is 1. The molecular weight excluding hydrogens is 480 g/mol. The Morgan fingerprint density at radius 2 is 1.42 bits per heavy atom. The van der Waals surface area contributed by atoms with Gasteiger partial charge in [-0.15, -0.1) is 0 Å². The normalized spacial score (nSPS) is 22.2. The molecule has 0 spiro atoms. The van der Waals surface area contributed by atoms with E-state index in [1.165, 1.54) is 0 Å². The molecule has 1 amide bonds. The SMILES string of the molecule is CC(C)(C)OC(=O)NCCC1([N+](=O)[O-])CN(Cc2ccccc2)[C@@H]2CCCC[C@H]2N(Cc2ccccc2)C1. The van der Waals surface area contributed by atoms with E-state index in [1.807, 2.05) is 36.4 Å². The smallest absolute Gasteiger partial charge is 0.407 e. The van der Waals surface area contributed by atoms with Crippen LogP contribution >= 0.6 is 0 Å². The maximum absolute atomic E-state index is 12.9. The lowest BCUT2D eigenvalue weighted by atomic mass is 9.88. The minimum Gasteiger partial charge on any atom is -0.444 e. The van der Waals surface area contributed by atoms with Crippen molar-refractivity contribution in [3.05, 3.63) is 81.9 Å². The average molecular weight is 523 g/mol. The Kier molecular flexibility index (Phi) is 9.05. The van der Waals surface area contributed by atoms with Crippen LogP contribution in [0.25, 0.3) is 0 Å². The highest BCUT2D eigenvalue weighted by atomic mass is 16.6. The second-order valence-corrected chi connectivity index (χ2v) is 11.9. The zero-order valence-corrected chi connectivity index (χ0v) is 23.0. The third-order valence-electron chi connectivity index (χ3n) is 7.73. The largest absolute Gasteiger partial charge is 0.444 e. The molecule has 1 heterocycles. The van der Waals surface area contributed by atoms with Crippen LogP contribution in [0.5, 0.6) is 0 Å². The summed E-state index contributed by atoms with van der Waals surface area (Å²) < 4.78 is 5.38. The standard InChI is InChI=1S/C30H42N4O4/c1-29(2,3)38-28(35)31-19-18-30(34(36)37)22-32(20-24-12-6-4-7-13-24)26-16-10-11-17-27(26)33(23-30)21-25-14-8-5-9-15-25/h4-9,12-15,26-27H,10-11,16-23H2,1-3H3,(H,31,35)/t26-,27-/m1/s1. The van der Waals surface area contributed by atoms with E-state index in [0.717, 1.165) is 36.8 Å². The topological polar surface area (TPSA) is 87.9 Å². The van der Waals surface area contributed by atoms with Gasteiger partial charge in [0.05, 0.1) is 13.1 Å². The minimum atomic E-state index is -1.23. The van der Waals surface area contributed by atoms with Crippen molar-refractivity contribution < 1.29 is 14.5 Å². The van der Waals surface area contributed by atoms with Gasteiger partial charge < -0.3 is 10.1 Å². The average Bonchev–Trinajstić information content (AvgIpc) is 3.00. The number of nitrogens with one attached hydrogen (secondary N) is 1. The fourth-order valence-corrected chi connectivity index (χ4v) is 6.04. The van der Waals surface area contributed by atoms with Gasteiger partial charge in [-0.25, -0.2) is 4.79 Å². The summed E-state index contributed by atoms with van der Waals surface area (Å²) in [6.45, 7) is 7.65. The molecule has 2 aliphatic rings. The number of amides is 1. The van der Waals surface area contributed by atoms with E-state index >= 15 is 0 Å². The molecule has 0 radical (unpaired) electrons. The summed E-state index contributed by atoms with van der Waals surface area (Å²) in [4.78, 5) is 29.9. The van der Waals surface area contributed by atoms with Crippen molar-refractivity contribution in [2.45, 2.75) is 89.2 Å². The summed E-state index contributed by atoms with van der Waals surface area (Å²) in [5.41, 5.74) is 0.479. The van der Waals surface area contributed by atoms with E-state index in [-0.39, 0.29) is 30.0 Å². The highest BCUT2D eigenvalue weighted by Crippen LogP contribution is 2.36. The molecule has 0 bridgehead atoms. The highest BCUT2D eigenvalue weighted by Gasteiger charge is 2.52. The van der Waals surface area contributed by atoms with Gasteiger partial charge in [-0.3, -0.25) is 19.9 Å². The zero-order chi connectivity index (χ0) is 27.2. The highest BCUT2D eigenvalue weighted by molar-refractivity contribution is 5.67. The summed E-state index contributed by atoms with van der Waals surface area (Å²) in [6.07, 6.45) is 4.03. The Labute approximate surface area is 226 Å². The number of alkyl carbamates (subject to hydrolysis) is 1. The molecule has 1 aliphatic carbocycles. The molecule has 8 heteroatoms. The zero-order valence-electron chi connectivity index (χ0n) is 23.0. The third-order valence-corrected chi connectivity index (χ3v) is 7.73. The van der Waals surface area contributed by atoms with Gasteiger partial charge in [0, 0.05) is 43.1 Å². The molecule has 8 nitrogen and oxygen atoms in total. The van der Waals surface area contributed by atoms with Gasteiger partial charge in [-0.2, -0.15) is 0 Å². The van der Waals surface area contributed by atoms with Crippen molar-refractivity contribution in [1.29, 1.82) is 0 Å². The summed E-state index contributed by atoms with van der Waals surface area (Å²) in [5.74, 6) is 0. The van der Waals surface area contributed by atoms with Crippen LogP contribution in [0, 0.1) is 10.1 Å². The number of nitrogens with zero attached hydrogens (tertiary/aromatic N) is 3. The van der Waals surface area contributed by atoms with Crippen molar-refractivity contribution in [2.75, 3.05) is 19.6 Å². The Balaban J connectivity index is 1.64. The first-order valence-electron chi connectivity index (χ1n) is 13.8.